The van der Waals surface area contributed by atoms with Crippen LogP contribution >= 0.6 is 0 Å². The van der Waals surface area contributed by atoms with Crippen molar-refractivity contribution in [2.45, 2.75) is 77.1 Å². The Morgan fingerprint density at radius 1 is 1.19 bits per heavy atom. The molecule has 0 aromatic heterocycles. The van der Waals surface area contributed by atoms with Gasteiger partial charge in [-0.15, -0.1) is 0 Å². The Morgan fingerprint density at radius 3 is 2.38 bits per heavy atom. The summed E-state index contributed by atoms with van der Waals surface area (Å²) in [5, 5.41) is 0.267. The molecule has 0 unspecified atom stereocenters. The summed E-state index contributed by atoms with van der Waals surface area (Å²) in [6.07, 6.45) is 4.82. The van der Waals surface area contributed by atoms with Crippen LogP contribution in [0.25, 0.3) is 0 Å². The van der Waals surface area contributed by atoms with Crippen LogP contribution in [0.1, 0.15) is 52.9 Å². The third-order valence-electron chi connectivity index (χ3n) is 3.99. The van der Waals surface area contributed by atoms with Gasteiger partial charge >= 0.3 is 0 Å². The number of carbonyl (C=O) groups is 1. The monoisotopic (exact) mass is 242 g/mol. The van der Waals surface area contributed by atoms with Gasteiger partial charge in [0.05, 0.1) is 0 Å². The minimum atomic E-state index is -1.65. The van der Waals surface area contributed by atoms with Gasteiger partial charge in [-0.1, -0.05) is 20.8 Å². The van der Waals surface area contributed by atoms with Gasteiger partial charge in [0.1, 0.15) is 5.78 Å². The molecular formula is C13H26O2Si. The highest BCUT2D eigenvalue weighted by atomic mass is 28.4. The molecule has 1 rings (SSSR count). The highest BCUT2D eigenvalue weighted by molar-refractivity contribution is 6.74. The van der Waals surface area contributed by atoms with E-state index < -0.39 is 8.32 Å². The van der Waals surface area contributed by atoms with Crippen molar-refractivity contribution >= 4 is 14.1 Å². The SMILES string of the molecule is CC(C)(C)[Si](C)(C)O[C@H]1CCCC(=O)CC1. The van der Waals surface area contributed by atoms with Gasteiger partial charge in [0.2, 0.25) is 0 Å². The average molecular weight is 242 g/mol. The molecule has 1 aliphatic carbocycles. The van der Waals surface area contributed by atoms with Gasteiger partial charge in [-0.2, -0.15) is 0 Å². The fourth-order valence-electron chi connectivity index (χ4n) is 1.83. The first-order valence-electron chi connectivity index (χ1n) is 6.42. The van der Waals surface area contributed by atoms with Crippen LogP contribution in [0.5, 0.6) is 0 Å². The van der Waals surface area contributed by atoms with Crippen LogP contribution in [0.15, 0.2) is 0 Å². The Hall–Kier alpha value is -0.153. The van der Waals surface area contributed by atoms with Gasteiger partial charge in [0.15, 0.2) is 8.32 Å². The van der Waals surface area contributed by atoms with E-state index in [2.05, 4.69) is 33.9 Å². The van der Waals surface area contributed by atoms with Crippen LogP contribution in [0.4, 0.5) is 0 Å². The van der Waals surface area contributed by atoms with Crippen molar-refractivity contribution in [3.63, 3.8) is 0 Å². The Balaban J connectivity index is 2.56. The first-order chi connectivity index (χ1) is 7.22. The summed E-state index contributed by atoms with van der Waals surface area (Å²) >= 11 is 0. The molecule has 3 heteroatoms. The van der Waals surface area contributed by atoms with Crippen LogP contribution in [0, 0.1) is 0 Å². The Morgan fingerprint density at radius 2 is 1.81 bits per heavy atom. The zero-order valence-corrected chi connectivity index (χ0v) is 12.4. The summed E-state index contributed by atoms with van der Waals surface area (Å²) in [7, 11) is -1.65. The largest absolute Gasteiger partial charge is 0.414 e. The Kier molecular flexibility index (Phi) is 4.35. The molecule has 0 N–H and O–H groups in total. The van der Waals surface area contributed by atoms with Crippen molar-refractivity contribution in [3.8, 4) is 0 Å². The second-order valence-corrected chi connectivity index (χ2v) is 11.2. The van der Waals surface area contributed by atoms with Gasteiger partial charge in [0.25, 0.3) is 0 Å². The lowest BCUT2D eigenvalue weighted by molar-refractivity contribution is -0.119. The fourth-order valence-corrected chi connectivity index (χ4v) is 3.25. The van der Waals surface area contributed by atoms with Crippen molar-refractivity contribution < 1.29 is 9.22 Å². The number of Topliss-reactive ketones (excluding diaryl/α,β-unsaturated/α-hetero) is 1. The van der Waals surface area contributed by atoms with Crippen LogP contribution < -0.4 is 0 Å². The van der Waals surface area contributed by atoms with E-state index in [1.165, 1.54) is 0 Å². The molecule has 1 saturated carbocycles. The lowest BCUT2D eigenvalue weighted by Gasteiger charge is -2.39. The summed E-state index contributed by atoms with van der Waals surface area (Å²) in [5.41, 5.74) is 0. The first kappa shape index (κ1) is 13.9. The standard InChI is InChI=1S/C13H26O2Si/c1-13(2,3)16(4,5)15-12-8-6-7-11(14)9-10-12/h12H,6-10H2,1-5H3/t12-/m0/s1. The van der Waals surface area contributed by atoms with Crippen LogP contribution in [0.3, 0.4) is 0 Å². The molecule has 0 radical (unpaired) electrons. The molecule has 94 valence electrons. The van der Waals surface area contributed by atoms with Crippen LogP contribution in [0.2, 0.25) is 18.1 Å². The Labute approximate surface area is 101 Å². The number of hydrogen-bond acceptors (Lipinski definition) is 2. The predicted molar refractivity (Wildman–Crippen MR) is 70.2 cm³/mol. The van der Waals surface area contributed by atoms with E-state index in [0.29, 0.717) is 11.9 Å². The van der Waals surface area contributed by atoms with Crippen molar-refractivity contribution in [1.29, 1.82) is 0 Å². The van der Waals surface area contributed by atoms with Crippen molar-refractivity contribution in [1.82, 2.24) is 0 Å². The quantitative estimate of drug-likeness (QED) is 0.542. The van der Waals surface area contributed by atoms with Gasteiger partial charge in [-0.05, 0) is 37.4 Å². The maximum atomic E-state index is 11.3. The summed E-state index contributed by atoms with van der Waals surface area (Å²) in [6.45, 7) is 11.4. The summed E-state index contributed by atoms with van der Waals surface area (Å²) in [6, 6.07) is 0. The fraction of sp³-hybridized carbons (Fsp3) is 0.923. The second kappa shape index (κ2) is 5.01. The maximum Gasteiger partial charge on any atom is 0.192 e. The molecule has 0 aromatic carbocycles. The highest BCUT2D eigenvalue weighted by Crippen LogP contribution is 2.38. The van der Waals surface area contributed by atoms with Gasteiger partial charge < -0.3 is 4.43 Å². The number of hydrogen-bond donors (Lipinski definition) is 0. The van der Waals surface area contributed by atoms with E-state index in [4.69, 9.17) is 4.43 Å². The molecule has 1 atom stereocenters. The van der Waals surface area contributed by atoms with E-state index in [1.807, 2.05) is 0 Å². The molecule has 0 aliphatic heterocycles. The lowest BCUT2D eigenvalue weighted by atomic mass is 10.2. The molecule has 0 heterocycles. The van der Waals surface area contributed by atoms with Crippen LogP contribution in [-0.2, 0) is 9.22 Å². The third-order valence-corrected chi connectivity index (χ3v) is 8.53. The molecule has 1 aliphatic rings. The molecule has 16 heavy (non-hydrogen) atoms. The van der Waals surface area contributed by atoms with E-state index in [-0.39, 0.29) is 5.04 Å². The summed E-state index contributed by atoms with van der Waals surface area (Å²) < 4.78 is 6.36. The average Bonchev–Trinajstić information content (AvgIpc) is 2.28. The summed E-state index contributed by atoms with van der Waals surface area (Å²) in [4.78, 5) is 11.3. The van der Waals surface area contributed by atoms with Gasteiger partial charge in [-0.3, -0.25) is 4.79 Å². The maximum absolute atomic E-state index is 11.3. The number of ketones is 1. The zero-order valence-electron chi connectivity index (χ0n) is 11.4. The van der Waals surface area contributed by atoms with E-state index in [9.17, 15) is 4.79 Å². The number of rotatable bonds is 2. The minimum Gasteiger partial charge on any atom is -0.414 e. The molecule has 0 amide bonds. The lowest BCUT2D eigenvalue weighted by Crippen LogP contribution is -2.43. The first-order valence-corrected chi connectivity index (χ1v) is 9.33. The molecular weight excluding hydrogens is 216 g/mol. The predicted octanol–water partition coefficient (Wildman–Crippen LogP) is 3.91. The highest BCUT2D eigenvalue weighted by Gasteiger charge is 2.39. The van der Waals surface area contributed by atoms with Crippen molar-refractivity contribution in [3.05, 3.63) is 0 Å². The third kappa shape index (κ3) is 3.70. The molecule has 0 bridgehead atoms. The van der Waals surface area contributed by atoms with Crippen molar-refractivity contribution in [2.75, 3.05) is 0 Å². The molecule has 0 spiro atoms. The normalized spacial score (nSPS) is 24.3. The minimum absolute atomic E-state index is 0.267. The van der Waals surface area contributed by atoms with E-state index in [1.54, 1.807) is 0 Å². The molecule has 2 nitrogen and oxygen atoms in total. The smallest absolute Gasteiger partial charge is 0.192 e. The van der Waals surface area contributed by atoms with E-state index in [0.717, 1.165) is 32.1 Å². The van der Waals surface area contributed by atoms with E-state index >= 15 is 0 Å². The molecule has 1 fully saturated rings. The van der Waals surface area contributed by atoms with Gasteiger partial charge in [-0.25, -0.2) is 0 Å². The Bertz CT molecular complexity index is 253. The molecule has 0 saturated heterocycles. The second-order valence-electron chi connectivity index (χ2n) is 6.47. The van der Waals surface area contributed by atoms with Gasteiger partial charge in [0, 0.05) is 18.9 Å². The molecule has 0 aromatic rings. The van der Waals surface area contributed by atoms with Crippen LogP contribution in [-0.4, -0.2) is 20.2 Å². The topological polar surface area (TPSA) is 26.3 Å². The summed E-state index contributed by atoms with van der Waals surface area (Å²) in [5.74, 6) is 0.418. The zero-order chi connectivity index (χ0) is 12.4. The van der Waals surface area contributed by atoms with Crippen molar-refractivity contribution in [2.24, 2.45) is 0 Å². The number of carbonyl (C=O) groups excluding carboxylic acids is 1.